The summed E-state index contributed by atoms with van der Waals surface area (Å²) in [5.74, 6) is -1.35. The highest BCUT2D eigenvalue weighted by Gasteiger charge is 2.64. The number of amides is 1. The fraction of sp³-hybridized carbons (Fsp3) is 0.278. The van der Waals surface area contributed by atoms with E-state index in [9.17, 15) is 15.1 Å². The van der Waals surface area contributed by atoms with Crippen LogP contribution in [0.15, 0.2) is 60.7 Å². The Hall–Kier alpha value is -2.17. The van der Waals surface area contributed by atoms with Gasteiger partial charge in [-0.3, -0.25) is 10.0 Å². The number of benzene rings is 2. The molecule has 2 aromatic carbocycles. The average molecular weight is 297 g/mol. The predicted octanol–water partition coefficient (Wildman–Crippen LogP) is 2.67. The number of rotatable bonds is 2. The Morgan fingerprint density at radius 1 is 0.955 bits per heavy atom. The number of carbonyl (C=O) groups excluding carboxylic acids is 1. The summed E-state index contributed by atoms with van der Waals surface area (Å²) in [6.07, 6.45) is 0. The van der Waals surface area contributed by atoms with Crippen LogP contribution in [0.1, 0.15) is 30.9 Å². The van der Waals surface area contributed by atoms with E-state index in [0.717, 1.165) is 0 Å². The smallest absolute Gasteiger partial charge is 0.257 e. The Morgan fingerprint density at radius 2 is 1.45 bits per heavy atom. The molecule has 2 atom stereocenters. The van der Waals surface area contributed by atoms with E-state index in [1.54, 1.807) is 38.1 Å². The van der Waals surface area contributed by atoms with Crippen LogP contribution in [0.4, 0.5) is 0 Å². The molecule has 4 heteroatoms. The van der Waals surface area contributed by atoms with Crippen molar-refractivity contribution in [2.45, 2.75) is 30.9 Å². The molecule has 1 aliphatic heterocycles. The molecule has 2 aromatic rings. The summed E-state index contributed by atoms with van der Waals surface area (Å²) < 4.78 is 0. The van der Waals surface area contributed by atoms with E-state index in [2.05, 4.69) is 0 Å². The first-order valence-corrected chi connectivity index (χ1v) is 7.26. The monoisotopic (exact) mass is 297 g/mol. The van der Waals surface area contributed by atoms with Crippen LogP contribution in [0.25, 0.3) is 0 Å². The molecule has 0 saturated carbocycles. The van der Waals surface area contributed by atoms with Crippen molar-refractivity contribution in [3.8, 4) is 0 Å². The molecule has 22 heavy (non-hydrogen) atoms. The molecule has 0 aliphatic carbocycles. The van der Waals surface area contributed by atoms with Crippen molar-refractivity contribution in [2.24, 2.45) is 0 Å². The molecular weight excluding hydrogens is 278 g/mol. The Morgan fingerprint density at radius 3 is 2.00 bits per heavy atom. The lowest BCUT2D eigenvalue weighted by Gasteiger charge is -2.40. The van der Waals surface area contributed by atoms with E-state index in [0.29, 0.717) is 16.2 Å². The Bertz CT molecular complexity index is 684. The van der Waals surface area contributed by atoms with Gasteiger partial charge in [0.05, 0.1) is 5.54 Å². The fourth-order valence-electron chi connectivity index (χ4n) is 3.33. The second kappa shape index (κ2) is 4.93. The molecule has 0 radical (unpaired) electrons. The molecule has 2 N–H and O–H groups in total. The SMILES string of the molecule is CC1(C)N(O)C(=O)C(c2ccccc2)C1(O)c1ccccc1. The molecule has 1 amide bonds. The van der Waals surface area contributed by atoms with E-state index in [4.69, 9.17) is 0 Å². The Balaban J connectivity index is 2.25. The van der Waals surface area contributed by atoms with Crippen LogP contribution in [0.5, 0.6) is 0 Å². The van der Waals surface area contributed by atoms with E-state index in [1.807, 2.05) is 36.4 Å². The minimum Gasteiger partial charge on any atom is -0.381 e. The van der Waals surface area contributed by atoms with E-state index >= 15 is 0 Å². The van der Waals surface area contributed by atoms with Gasteiger partial charge in [0.25, 0.3) is 5.91 Å². The number of carbonyl (C=O) groups is 1. The van der Waals surface area contributed by atoms with Gasteiger partial charge in [0, 0.05) is 0 Å². The zero-order valence-electron chi connectivity index (χ0n) is 12.6. The summed E-state index contributed by atoms with van der Waals surface area (Å²) in [6, 6.07) is 18.1. The first-order valence-electron chi connectivity index (χ1n) is 7.26. The van der Waals surface area contributed by atoms with Gasteiger partial charge in [-0.1, -0.05) is 60.7 Å². The molecule has 1 fully saturated rings. The number of nitrogens with zero attached hydrogens (tertiary/aromatic N) is 1. The minimum absolute atomic E-state index is 0.498. The molecule has 0 aromatic heterocycles. The van der Waals surface area contributed by atoms with Gasteiger partial charge in [0.2, 0.25) is 0 Å². The highest BCUT2D eigenvalue weighted by Crippen LogP contribution is 2.53. The quantitative estimate of drug-likeness (QED) is 0.838. The van der Waals surface area contributed by atoms with Gasteiger partial charge in [-0.25, -0.2) is 5.06 Å². The standard InChI is InChI=1S/C18H19NO3/c1-17(2)18(21,14-11-7-4-8-12-14)15(16(20)19(17)22)13-9-5-3-6-10-13/h3-12,15,21-22H,1-2H3. The third-order valence-corrected chi connectivity index (χ3v) is 4.68. The van der Waals surface area contributed by atoms with Gasteiger partial charge in [0.15, 0.2) is 0 Å². The lowest BCUT2D eigenvalue weighted by atomic mass is 9.70. The van der Waals surface area contributed by atoms with Crippen LogP contribution in [0, 0.1) is 0 Å². The van der Waals surface area contributed by atoms with Crippen LogP contribution in [0.3, 0.4) is 0 Å². The van der Waals surface area contributed by atoms with Crippen molar-refractivity contribution in [1.82, 2.24) is 5.06 Å². The number of aliphatic hydroxyl groups is 1. The van der Waals surface area contributed by atoms with Gasteiger partial charge in [-0.2, -0.15) is 0 Å². The van der Waals surface area contributed by atoms with Gasteiger partial charge in [0.1, 0.15) is 11.5 Å². The van der Waals surface area contributed by atoms with Gasteiger partial charge >= 0.3 is 0 Å². The van der Waals surface area contributed by atoms with Gasteiger partial charge in [-0.15, -0.1) is 0 Å². The largest absolute Gasteiger partial charge is 0.381 e. The van der Waals surface area contributed by atoms with Crippen LogP contribution >= 0.6 is 0 Å². The third-order valence-electron chi connectivity index (χ3n) is 4.68. The minimum atomic E-state index is -1.53. The Kier molecular flexibility index (Phi) is 3.31. The molecule has 4 nitrogen and oxygen atoms in total. The lowest BCUT2D eigenvalue weighted by Crippen LogP contribution is -2.52. The molecule has 114 valence electrons. The zero-order valence-corrected chi connectivity index (χ0v) is 12.6. The molecule has 3 rings (SSSR count). The van der Waals surface area contributed by atoms with Crippen LogP contribution in [0.2, 0.25) is 0 Å². The molecular formula is C18H19NO3. The molecule has 2 unspecified atom stereocenters. The van der Waals surface area contributed by atoms with Crippen LogP contribution in [-0.2, 0) is 10.4 Å². The first kappa shape index (κ1) is 14.8. The Labute approximate surface area is 129 Å². The molecule has 1 saturated heterocycles. The van der Waals surface area contributed by atoms with E-state index in [1.165, 1.54) is 0 Å². The van der Waals surface area contributed by atoms with Gasteiger partial charge < -0.3 is 5.11 Å². The molecule has 1 aliphatic rings. The maximum absolute atomic E-state index is 12.6. The zero-order chi connectivity index (χ0) is 16.0. The fourth-order valence-corrected chi connectivity index (χ4v) is 3.33. The second-order valence-electron chi connectivity index (χ2n) is 6.19. The second-order valence-corrected chi connectivity index (χ2v) is 6.19. The van der Waals surface area contributed by atoms with Crippen molar-refractivity contribution in [2.75, 3.05) is 0 Å². The number of hydrogen-bond acceptors (Lipinski definition) is 3. The van der Waals surface area contributed by atoms with Crippen LogP contribution < -0.4 is 0 Å². The third kappa shape index (κ3) is 1.81. The van der Waals surface area contributed by atoms with Crippen LogP contribution in [-0.4, -0.2) is 26.8 Å². The summed E-state index contributed by atoms with van der Waals surface area (Å²) in [6.45, 7) is 3.34. The maximum Gasteiger partial charge on any atom is 0.257 e. The highest BCUT2D eigenvalue weighted by atomic mass is 16.5. The summed E-state index contributed by atoms with van der Waals surface area (Å²) in [4.78, 5) is 12.6. The highest BCUT2D eigenvalue weighted by molar-refractivity contribution is 5.89. The van der Waals surface area contributed by atoms with Crippen molar-refractivity contribution in [3.05, 3.63) is 71.8 Å². The topological polar surface area (TPSA) is 60.8 Å². The predicted molar refractivity (Wildman–Crippen MR) is 82.2 cm³/mol. The number of hydrogen-bond donors (Lipinski definition) is 2. The normalized spacial score (nSPS) is 27.2. The molecule has 0 spiro atoms. The van der Waals surface area contributed by atoms with Gasteiger partial charge in [-0.05, 0) is 25.0 Å². The molecule has 1 heterocycles. The summed E-state index contributed by atoms with van der Waals surface area (Å²) in [7, 11) is 0. The van der Waals surface area contributed by atoms with Crippen molar-refractivity contribution < 1.29 is 15.1 Å². The maximum atomic E-state index is 12.6. The lowest BCUT2D eigenvalue weighted by molar-refractivity contribution is -0.193. The average Bonchev–Trinajstić information content (AvgIpc) is 2.68. The van der Waals surface area contributed by atoms with E-state index in [-0.39, 0.29) is 0 Å². The molecule has 0 bridgehead atoms. The van der Waals surface area contributed by atoms with Crippen molar-refractivity contribution in [3.63, 3.8) is 0 Å². The summed E-state index contributed by atoms with van der Waals surface area (Å²) in [5, 5.41) is 22.5. The number of hydroxylamine groups is 2. The first-order chi connectivity index (χ1) is 10.4. The summed E-state index contributed by atoms with van der Waals surface area (Å²) >= 11 is 0. The van der Waals surface area contributed by atoms with Crippen molar-refractivity contribution >= 4 is 5.91 Å². The summed E-state index contributed by atoms with van der Waals surface area (Å²) in [5.41, 5.74) is -1.38. The van der Waals surface area contributed by atoms with E-state index < -0.39 is 23.0 Å². The van der Waals surface area contributed by atoms with Crippen molar-refractivity contribution in [1.29, 1.82) is 0 Å².